The molecule has 1 aliphatic rings. The van der Waals surface area contributed by atoms with E-state index in [-0.39, 0.29) is 17.8 Å². The van der Waals surface area contributed by atoms with E-state index in [0.717, 1.165) is 29.3 Å². The van der Waals surface area contributed by atoms with Gasteiger partial charge in [-0.1, -0.05) is 6.42 Å². The Morgan fingerprint density at radius 1 is 1.39 bits per heavy atom. The molecular formula is C12H15IN2O3. The molecule has 1 saturated carbocycles. The summed E-state index contributed by atoms with van der Waals surface area (Å²) >= 11 is 2.05. The zero-order valence-corrected chi connectivity index (χ0v) is 12.0. The zero-order chi connectivity index (χ0) is 13.1. The normalized spacial score (nSPS) is 23.7. The number of nitro groups is 1. The fourth-order valence-electron chi connectivity index (χ4n) is 2.13. The summed E-state index contributed by atoms with van der Waals surface area (Å²) in [6.45, 7) is 0. The van der Waals surface area contributed by atoms with Crippen LogP contribution in [0.15, 0.2) is 18.2 Å². The summed E-state index contributed by atoms with van der Waals surface area (Å²) < 4.78 is 6.63. The summed E-state index contributed by atoms with van der Waals surface area (Å²) in [5.41, 5.74) is 6.10. The fraction of sp³-hybridized carbons (Fsp3) is 0.500. The standard InChI is InChI=1S/C12H15IN2O3/c13-9-7-8(15(16)17)5-6-11(9)18-12-4-2-1-3-10(12)14/h5-7,10,12H,1-4,14H2. The van der Waals surface area contributed by atoms with Gasteiger partial charge in [-0.3, -0.25) is 10.1 Å². The van der Waals surface area contributed by atoms with Gasteiger partial charge < -0.3 is 10.5 Å². The molecule has 0 heterocycles. The lowest BCUT2D eigenvalue weighted by molar-refractivity contribution is -0.385. The summed E-state index contributed by atoms with van der Waals surface area (Å²) in [5.74, 6) is 0.684. The molecule has 5 nitrogen and oxygen atoms in total. The molecule has 0 aliphatic heterocycles. The van der Waals surface area contributed by atoms with E-state index in [1.54, 1.807) is 6.07 Å². The summed E-state index contributed by atoms with van der Waals surface area (Å²) in [6.07, 6.45) is 4.23. The molecule has 18 heavy (non-hydrogen) atoms. The number of non-ortho nitro benzene ring substituents is 1. The number of hydrogen-bond donors (Lipinski definition) is 1. The van der Waals surface area contributed by atoms with Gasteiger partial charge in [-0.15, -0.1) is 0 Å². The van der Waals surface area contributed by atoms with Crippen LogP contribution in [0.5, 0.6) is 5.75 Å². The minimum Gasteiger partial charge on any atom is -0.488 e. The van der Waals surface area contributed by atoms with Crippen molar-refractivity contribution in [3.8, 4) is 5.75 Å². The van der Waals surface area contributed by atoms with E-state index < -0.39 is 4.92 Å². The molecule has 1 aromatic carbocycles. The minimum atomic E-state index is -0.404. The second-order valence-electron chi connectivity index (χ2n) is 4.48. The van der Waals surface area contributed by atoms with Crippen LogP contribution < -0.4 is 10.5 Å². The SMILES string of the molecule is NC1CCCCC1Oc1ccc([N+](=O)[O-])cc1I. The van der Waals surface area contributed by atoms with Crippen molar-refractivity contribution in [2.24, 2.45) is 5.73 Å². The largest absolute Gasteiger partial charge is 0.488 e. The van der Waals surface area contributed by atoms with Gasteiger partial charge in [0.15, 0.2) is 0 Å². The molecule has 0 spiro atoms. The summed E-state index contributed by atoms with van der Waals surface area (Å²) in [4.78, 5) is 10.2. The molecule has 0 bridgehead atoms. The van der Waals surface area contributed by atoms with Gasteiger partial charge >= 0.3 is 0 Å². The molecule has 1 fully saturated rings. The summed E-state index contributed by atoms with van der Waals surface area (Å²) in [5, 5.41) is 10.6. The third kappa shape index (κ3) is 3.11. The Morgan fingerprint density at radius 3 is 2.72 bits per heavy atom. The molecule has 0 saturated heterocycles. The molecule has 0 amide bonds. The lowest BCUT2D eigenvalue weighted by Gasteiger charge is -2.29. The smallest absolute Gasteiger partial charge is 0.270 e. The second-order valence-corrected chi connectivity index (χ2v) is 5.64. The van der Waals surface area contributed by atoms with Crippen LogP contribution in [0.2, 0.25) is 0 Å². The van der Waals surface area contributed by atoms with E-state index in [9.17, 15) is 10.1 Å². The molecule has 2 N–H and O–H groups in total. The number of ether oxygens (including phenoxy) is 1. The van der Waals surface area contributed by atoms with Crippen LogP contribution in [0.1, 0.15) is 25.7 Å². The van der Waals surface area contributed by atoms with Crippen LogP contribution in [0.3, 0.4) is 0 Å². The first-order valence-electron chi connectivity index (χ1n) is 5.94. The number of nitrogens with two attached hydrogens (primary N) is 1. The monoisotopic (exact) mass is 362 g/mol. The molecule has 6 heteroatoms. The maximum absolute atomic E-state index is 10.6. The maximum Gasteiger partial charge on any atom is 0.270 e. The molecule has 98 valence electrons. The van der Waals surface area contributed by atoms with Crippen molar-refractivity contribution in [2.75, 3.05) is 0 Å². The molecular weight excluding hydrogens is 347 g/mol. The van der Waals surface area contributed by atoms with Crippen LogP contribution in [0.25, 0.3) is 0 Å². The number of rotatable bonds is 3. The van der Waals surface area contributed by atoms with Crippen molar-refractivity contribution >= 4 is 28.3 Å². The van der Waals surface area contributed by atoms with Crippen LogP contribution in [0.4, 0.5) is 5.69 Å². The Bertz CT molecular complexity index is 453. The van der Waals surface area contributed by atoms with E-state index >= 15 is 0 Å². The van der Waals surface area contributed by atoms with E-state index in [4.69, 9.17) is 10.5 Å². The number of nitro benzene ring substituents is 1. The number of nitrogens with zero attached hydrogens (tertiary/aromatic N) is 1. The molecule has 1 aliphatic carbocycles. The van der Waals surface area contributed by atoms with Gasteiger partial charge in [0.2, 0.25) is 0 Å². The lowest BCUT2D eigenvalue weighted by Crippen LogP contribution is -2.41. The van der Waals surface area contributed by atoms with Crippen molar-refractivity contribution in [2.45, 2.75) is 37.8 Å². The van der Waals surface area contributed by atoms with Gasteiger partial charge in [0, 0.05) is 18.2 Å². The Kier molecular flexibility index (Phi) is 4.39. The van der Waals surface area contributed by atoms with E-state index in [1.165, 1.54) is 12.1 Å². The highest BCUT2D eigenvalue weighted by molar-refractivity contribution is 14.1. The van der Waals surface area contributed by atoms with Crippen molar-refractivity contribution in [3.05, 3.63) is 31.9 Å². The maximum atomic E-state index is 10.6. The van der Waals surface area contributed by atoms with Crippen LogP contribution >= 0.6 is 22.6 Å². The van der Waals surface area contributed by atoms with E-state index in [2.05, 4.69) is 22.6 Å². The highest BCUT2D eigenvalue weighted by atomic mass is 127. The predicted molar refractivity (Wildman–Crippen MR) is 76.7 cm³/mol. The Labute approximate surface area is 119 Å². The quantitative estimate of drug-likeness (QED) is 0.510. The summed E-state index contributed by atoms with van der Waals surface area (Å²) in [7, 11) is 0. The number of hydrogen-bond acceptors (Lipinski definition) is 4. The second kappa shape index (κ2) is 5.83. The van der Waals surface area contributed by atoms with Gasteiger partial charge in [0.1, 0.15) is 11.9 Å². The van der Waals surface area contributed by atoms with Crippen LogP contribution in [-0.2, 0) is 0 Å². The Hall–Kier alpha value is -0.890. The highest BCUT2D eigenvalue weighted by Gasteiger charge is 2.24. The summed E-state index contributed by atoms with van der Waals surface area (Å²) in [6, 6.07) is 4.70. The molecule has 2 atom stereocenters. The average molecular weight is 362 g/mol. The Morgan fingerprint density at radius 2 is 2.11 bits per heavy atom. The fourth-order valence-corrected chi connectivity index (χ4v) is 2.76. The van der Waals surface area contributed by atoms with Crippen molar-refractivity contribution in [1.82, 2.24) is 0 Å². The van der Waals surface area contributed by atoms with Gasteiger partial charge in [-0.05, 0) is 47.9 Å². The topological polar surface area (TPSA) is 78.4 Å². The van der Waals surface area contributed by atoms with Crippen molar-refractivity contribution in [1.29, 1.82) is 0 Å². The minimum absolute atomic E-state index is 0.0220. The van der Waals surface area contributed by atoms with E-state index in [0.29, 0.717) is 5.75 Å². The van der Waals surface area contributed by atoms with Crippen molar-refractivity contribution in [3.63, 3.8) is 0 Å². The average Bonchev–Trinajstić information content (AvgIpc) is 2.34. The third-order valence-corrected chi connectivity index (χ3v) is 4.00. The predicted octanol–water partition coefficient (Wildman–Crippen LogP) is 2.85. The molecule has 1 aromatic rings. The molecule has 2 rings (SSSR count). The van der Waals surface area contributed by atoms with Gasteiger partial charge in [-0.2, -0.15) is 0 Å². The first kappa shape index (κ1) is 13.5. The van der Waals surface area contributed by atoms with Crippen LogP contribution in [-0.4, -0.2) is 17.1 Å². The van der Waals surface area contributed by atoms with Crippen molar-refractivity contribution < 1.29 is 9.66 Å². The molecule has 0 radical (unpaired) electrons. The van der Waals surface area contributed by atoms with Gasteiger partial charge in [0.25, 0.3) is 5.69 Å². The van der Waals surface area contributed by atoms with E-state index in [1.807, 2.05) is 0 Å². The zero-order valence-electron chi connectivity index (χ0n) is 9.84. The third-order valence-electron chi connectivity index (χ3n) is 3.16. The molecule has 0 aromatic heterocycles. The Balaban J connectivity index is 2.11. The highest BCUT2D eigenvalue weighted by Crippen LogP contribution is 2.29. The molecule has 2 unspecified atom stereocenters. The van der Waals surface area contributed by atoms with Gasteiger partial charge in [0.05, 0.1) is 8.49 Å². The first-order chi connectivity index (χ1) is 8.58. The first-order valence-corrected chi connectivity index (χ1v) is 7.02. The van der Waals surface area contributed by atoms with Gasteiger partial charge in [-0.25, -0.2) is 0 Å². The lowest BCUT2D eigenvalue weighted by atomic mass is 9.93. The van der Waals surface area contributed by atoms with Crippen LogP contribution in [0, 0.1) is 13.7 Å². The number of halogens is 1. The number of benzene rings is 1.